The van der Waals surface area contributed by atoms with Crippen molar-refractivity contribution in [3.63, 3.8) is 0 Å². The molecule has 6 heteroatoms. The van der Waals surface area contributed by atoms with E-state index in [9.17, 15) is 8.42 Å². The zero-order valence-corrected chi connectivity index (χ0v) is 14.1. The maximum Gasteiger partial charge on any atom is 0.209 e. The molecule has 0 saturated carbocycles. The second-order valence-corrected chi connectivity index (χ2v) is 7.66. The molecular weight excluding hydrogens is 300 g/mol. The second kappa shape index (κ2) is 7.24. The minimum Gasteiger partial charge on any atom is -0.478 e. The first kappa shape index (κ1) is 17.0. The molecule has 0 aromatic heterocycles. The Morgan fingerprint density at radius 2 is 2.05 bits per heavy atom. The van der Waals surface area contributed by atoms with Crippen LogP contribution in [-0.4, -0.2) is 39.3 Å². The van der Waals surface area contributed by atoms with E-state index in [1.165, 1.54) is 11.8 Å². The summed E-state index contributed by atoms with van der Waals surface area (Å²) < 4.78 is 31.5. The minimum atomic E-state index is -3.30. The lowest BCUT2D eigenvalue weighted by Gasteiger charge is -2.22. The predicted molar refractivity (Wildman–Crippen MR) is 88.5 cm³/mol. The third kappa shape index (κ3) is 4.81. The molecule has 3 atom stereocenters. The lowest BCUT2D eigenvalue weighted by Crippen LogP contribution is -2.44. The van der Waals surface area contributed by atoms with Crippen LogP contribution in [0.5, 0.6) is 0 Å². The van der Waals surface area contributed by atoms with E-state index in [0.29, 0.717) is 12.5 Å². The topological polar surface area (TPSA) is 67.8 Å². The highest BCUT2D eigenvalue weighted by Gasteiger charge is 2.31. The van der Waals surface area contributed by atoms with E-state index in [2.05, 4.69) is 21.8 Å². The van der Waals surface area contributed by atoms with E-state index in [4.69, 9.17) is 4.74 Å². The van der Waals surface area contributed by atoms with Crippen molar-refractivity contribution in [3.05, 3.63) is 35.9 Å². The molecule has 1 aliphatic rings. The average molecular weight is 324 g/mol. The summed E-state index contributed by atoms with van der Waals surface area (Å²) in [7, 11) is -3.30. The Balaban J connectivity index is 2.10. The maximum absolute atomic E-state index is 11.6. The zero-order chi connectivity index (χ0) is 16.2. The van der Waals surface area contributed by atoms with Crippen molar-refractivity contribution in [3.8, 4) is 0 Å². The molecule has 1 aromatic rings. The summed E-state index contributed by atoms with van der Waals surface area (Å²) in [4.78, 5) is 4.60. The quantitative estimate of drug-likeness (QED) is 0.834. The number of ether oxygens (including phenoxy) is 1. The van der Waals surface area contributed by atoms with Crippen LogP contribution in [0.2, 0.25) is 0 Å². The standard InChI is InChI=1S/C16H24N2O3S/c1-4-12(2)15(18-22(3,19)20)16-17-14(11-21-16)10-13-8-6-5-7-9-13/h5-9,12,14-15,18H,4,10-11H2,1-3H3/t12-,14?,15-/m0/s1. The van der Waals surface area contributed by atoms with Gasteiger partial charge in [-0.05, 0) is 17.9 Å². The van der Waals surface area contributed by atoms with Crippen molar-refractivity contribution in [1.82, 2.24) is 4.72 Å². The van der Waals surface area contributed by atoms with Crippen molar-refractivity contribution >= 4 is 15.9 Å². The van der Waals surface area contributed by atoms with Crippen LogP contribution in [0.1, 0.15) is 25.8 Å². The lowest BCUT2D eigenvalue weighted by atomic mass is 10.00. The summed E-state index contributed by atoms with van der Waals surface area (Å²) in [5, 5.41) is 0. The highest BCUT2D eigenvalue weighted by atomic mass is 32.2. The van der Waals surface area contributed by atoms with Crippen LogP contribution in [0.4, 0.5) is 0 Å². The molecule has 122 valence electrons. The van der Waals surface area contributed by atoms with Crippen molar-refractivity contribution in [2.24, 2.45) is 10.9 Å². The molecule has 0 amide bonds. The van der Waals surface area contributed by atoms with Crippen molar-refractivity contribution in [2.75, 3.05) is 12.9 Å². The van der Waals surface area contributed by atoms with Crippen LogP contribution in [0, 0.1) is 5.92 Å². The van der Waals surface area contributed by atoms with Crippen LogP contribution in [0.25, 0.3) is 0 Å². The number of aliphatic imine (C=N–C) groups is 1. The first-order valence-corrected chi connectivity index (χ1v) is 9.50. The predicted octanol–water partition coefficient (Wildman–Crippen LogP) is 1.99. The zero-order valence-electron chi connectivity index (χ0n) is 13.3. The fraction of sp³-hybridized carbons (Fsp3) is 0.562. The lowest BCUT2D eigenvalue weighted by molar-refractivity contribution is 0.291. The van der Waals surface area contributed by atoms with Crippen LogP contribution in [-0.2, 0) is 21.2 Å². The van der Waals surface area contributed by atoms with Crippen LogP contribution < -0.4 is 4.72 Å². The smallest absolute Gasteiger partial charge is 0.209 e. The highest BCUT2D eigenvalue weighted by Crippen LogP contribution is 2.18. The van der Waals surface area contributed by atoms with Gasteiger partial charge in [-0.2, -0.15) is 0 Å². The van der Waals surface area contributed by atoms with Crippen LogP contribution >= 0.6 is 0 Å². The average Bonchev–Trinajstić information content (AvgIpc) is 2.92. The molecule has 5 nitrogen and oxygen atoms in total. The van der Waals surface area contributed by atoms with Gasteiger partial charge >= 0.3 is 0 Å². The van der Waals surface area contributed by atoms with Gasteiger partial charge in [0.15, 0.2) is 0 Å². The monoisotopic (exact) mass is 324 g/mol. The Bertz CT molecular complexity index is 614. The van der Waals surface area contributed by atoms with Gasteiger partial charge in [-0.15, -0.1) is 0 Å². The number of nitrogens with zero attached hydrogens (tertiary/aromatic N) is 1. The minimum absolute atomic E-state index is 0.0466. The molecule has 0 saturated heterocycles. The van der Waals surface area contributed by atoms with E-state index in [0.717, 1.165) is 12.8 Å². The highest BCUT2D eigenvalue weighted by molar-refractivity contribution is 7.88. The summed E-state index contributed by atoms with van der Waals surface area (Å²) >= 11 is 0. The van der Waals surface area contributed by atoms with Gasteiger partial charge in [0.2, 0.25) is 15.9 Å². The fourth-order valence-corrected chi connectivity index (χ4v) is 3.27. The maximum atomic E-state index is 11.6. The molecule has 0 spiro atoms. The number of rotatable bonds is 7. The van der Waals surface area contributed by atoms with Gasteiger partial charge in [0.05, 0.1) is 18.3 Å². The Labute approximate surface area is 132 Å². The Morgan fingerprint density at radius 3 is 2.64 bits per heavy atom. The Morgan fingerprint density at radius 1 is 1.36 bits per heavy atom. The van der Waals surface area contributed by atoms with Crippen molar-refractivity contribution < 1.29 is 13.2 Å². The van der Waals surface area contributed by atoms with Crippen LogP contribution in [0.15, 0.2) is 35.3 Å². The van der Waals surface area contributed by atoms with Crippen molar-refractivity contribution in [2.45, 2.75) is 38.8 Å². The summed E-state index contributed by atoms with van der Waals surface area (Å²) in [5.41, 5.74) is 1.21. The molecule has 1 unspecified atom stereocenters. The first-order valence-electron chi connectivity index (χ1n) is 7.60. The number of nitrogens with one attached hydrogen (secondary N) is 1. The van der Waals surface area contributed by atoms with Crippen molar-refractivity contribution in [1.29, 1.82) is 0 Å². The molecule has 1 aromatic carbocycles. The molecule has 22 heavy (non-hydrogen) atoms. The summed E-state index contributed by atoms with van der Waals surface area (Å²) in [5.74, 6) is 0.643. The number of benzene rings is 1. The molecule has 0 bridgehead atoms. The molecule has 0 aliphatic carbocycles. The molecule has 2 rings (SSSR count). The van der Waals surface area contributed by atoms with E-state index in [1.54, 1.807) is 0 Å². The van der Waals surface area contributed by atoms with Gasteiger partial charge in [-0.25, -0.2) is 18.1 Å². The van der Waals surface area contributed by atoms with E-state index >= 15 is 0 Å². The van der Waals surface area contributed by atoms with Gasteiger partial charge < -0.3 is 4.74 Å². The first-order chi connectivity index (χ1) is 10.4. The number of hydrogen-bond acceptors (Lipinski definition) is 4. The third-order valence-electron chi connectivity index (χ3n) is 3.87. The van der Waals surface area contributed by atoms with Gasteiger partial charge in [0.1, 0.15) is 6.61 Å². The SMILES string of the molecule is CC[C@H](C)[C@H](NS(C)(=O)=O)C1=NC(Cc2ccccc2)CO1. The van der Waals surface area contributed by atoms with Crippen LogP contribution in [0.3, 0.4) is 0 Å². The largest absolute Gasteiger partial charge is 0.478 e. The van der Waals surface area contributed by atoms with Gasteiger partial charge in [-0.3, -0.25) is 0 Å². The fourth-order valence-electron chi connectivity index (χ4n) is 2.47. The molecule has 0 fully saturated rings. The normalized spacial score (nSPS) is 21.0. The third-order valence-corrected chi connectivity index (χ3v) is 4.55. The van der Waals surface area contributed by atoms with E-state index in [-0.39, 0.29) is 18.0 Å². The molecule has 1 aliphatic heterocycles. The Hall–Kier alpha value is -1.40. The molecule has 1 N–H and O–H groups in total. The summed E-state index contributed by atoms with van der Waals surface area (Å²) in [6.45, 7) is 4.53. The summed E-state index contributed by atoms with van der Waals surface area (Å²) in [6.07, 6.45) is 2.81. The van der Waals surface area contributed by atoms with E-state index < -0.39 is 10.0 Å². The van der Waals surface area contributed by atoms with Gasteiger partial charge in [-0.1, -0.05) is 50.6 Å². The van der Waals surface area contributed by atoms with Gasteiger partial charge in [0, 0.05) is 0 Å². The van der Waals surface area contributed by atoms with Gasteiger partial charge in [0.25, 0.3) is 0 Å². The molecule has 1 heterocycles. The molecular formula is C16H24N2O3S. The summed E-state index contributed by atoms with van der Waals surface area (Å²) in [6, 6.07) is 9.78. The number of hydrogen-bond donors (Lipinski definition) is 1. The van der Waals surface area contributed by atoms with E-state index in [1.807, 2.05) is 32.0 Å². The number of sulfonamides is 1. The Kier molecular flexibility index (Phi) is 5.58. The molecule has 0 radical (unpaired) electrons. The second-order valence-electron chi connectivity index (χ2n) is 5.88.